The van der Waals surface area contributed by atoms with Crippen molar-refractivity contribution in [2.45, 2.75) is 31.7 Å². The Morgan fingerprint density at radius 3 is 2.56 bits per heavy atom. The van der Waals surface area contributed by atoms with Crippen molar-refractivity contribution in [3.8, 4) is 0 Å². The number of halogens is 1. The van der Waals surface area contributed by atoms with Crippen molar-refractivity contribution in [2.24, 2.45) is 4.99 Å². The van der Waals surface area contributed by atoms with Gasteiger partial charge in [-0.05, 0) is 50.6 Å². The highest BCUT2D eigenvalue weighted by Crippen LogP contribution is 2.17. The van der Waals surface area contributed by atoms with E-state index in [0.29, 0.717) is 0 Å². The van der Waals surface area contributed by atoms with E-state index in [1.165, 1.54) is 17.8 Å². The van der Waals surface area contributed by atoms with Gasteiger partial charge in [0.05, 0.1) is 5.69 Å². The minimum absolute atomic E-state index is 0.201. The second kappa shape index (κ2) is 10.1. The zero-order valence-electron chi connectivity index (χ0n) is 15.1. The van der Waals surface area contributed by atoms with E-state index in [4.69, 9.17) is 0 Å². The van der Waals surface area contributed by atoms with E-state index in [1.54, 1.807) is 30.9 Å². The number of aromatic nitrogens is 2. The first kappa shape index (κ1) is 19.3. The third kappa shape index (κ3) is 6.78. The lowest BCUT2D eigenvalue weighted by Gasteiger charge is -2.12. The first-order valence-corrected chi connectivity index (χ1v) is 9.41. The Bertz CT molecular complexity index is 681. The summed E-state index contributed by atoms with van der Waals surface area (Å²) in [4.78, 5) is 5.29. The Balaban J connectivity index is 1.60. The molecule has 5 nitrogen and oxygen atoms in total. The third-order valence-electron chi connectivity index (χ3n) is 3.64. The highest BCUT2D eigenvalue weighted by atomic mass is 32.2. The molecule has 0 aliphatic carbocycles. The Morgan fingerprint density at radius 1 is 1.20 bits per heavy atom. The summed E-state index contributed by atoms with van der Waals surface area (Å²) in [6.07, 6.45) is 0.979. The van der Waals surface area contributed by atoms with Gasteiger partial charge in [0.2, 0.25) is 0 Å². The van der Waals surface area contributed by atoms with Crippen LogP contribution in [-0.2, 0) is 6.54 Å². The maximum absolute atomic E-state index is 12.9. The van der Waals surface area contributed by atoms with Gasteiger partial charge in [-0.1, -0.05) is 0 Å². The van der Waals surface area contributed by atoms with Gasteiger partial charge in [0, 0.05) is 43.0 Å². The number of hydrogen-bond donors (Lipinski definition) is 2. The van der Waals surface area contributed by atoms with E-state index in [2.05, 4.69) is 33.7 Å². The van der Waals surface area contributed by atoms with Crippen LogP contribution in [0, 0.1) is 19.7 Å². The fourth-order valence-corrected chi connectivity index (χ4v) is 3.20. The predicted octanol–water partition coefficient (Wildman–Crippen LogP) is 2.99. The molecule has 0 saturated heterocycles. The van der Waals surface area contributed by atoms with Gasteiger partial charge in [-0.3, -0.25) is 9.67 Å². The number of aliphatic imine (C=N–C) groups is 1. The lowest BCUT2D eigenvalue weighted by atomic mass is 10.4. The molecule has 25 heavy (non-hydrogen) atoms. The average molecular weight is 364 g/mol. The molecule has 1 aromatic carbocycles. The minimum Gasteiger partial charge on any atom is -0.356 e. The minimum atomic E-state index is -0.201. The number of thioether (sulfide) groups is 1. The van der Waals surface area contributed by atoms with Crippen LogP contribution in [-0.4, -0.2) is 41.6 Å². The summed E-state index contributed by atoms with van der Waals surface area (Å²) in [5.41, 5.74) is 2.25. The Kier molecular flexibility index (Phi) is 7.78. The Labute approximate surface area is 153 Å². The normalized spacial score (nSPS) is 11.6. The lowest BCUT2D eigenvalue weighted by Crippen LogP contribution is -2.39. The van der Waals surface area contributed by atoms with Crippen molar-refractivity contribution in [1.29, 1.82) is 0 Å². The van der Waals surface area contributed by atoms with Crippen LogP contribution in [0.2, 0.25) is 0 Å². The monoisotopic (exact) mass is 363 g/mol. The molecule has 0 radical (unpaired) electrons. The summed E-state index contributed by atoms with van der Waals surface area (Å²) in [7, 11) is 1.77. The van der Waals surface area contributed by atoms with Gasteiger partial charge in [0.25, 0.3) is 0 Å². The number of aryl methyl sites for hydroxylation is 3. The quantitative estimate of drug-likeness (QED) is 0.328. The largest absolute Gasteiger partial charge is 0.356 e. The molecular formula is C18H26FN5S. The second-order valence-corrected chi connectivity index (χ2v) is 6.90. The molecular weight excluding hydrogens is 337 g/mol. The molecule has 0 fully saturated rings. The van der Waals surface area contributed by atoms with Gasteiger partial charge in [-0.2, -0.15) is 5.10 Å². The molecule has 2 aromatic rings. The number of rotatable bonds is 8. The van der Waals surface area contributed by atoms with E-state index in [1.807, 2.05) is 11.6 Å². The first-order chi connectivity index (χ1) is 12.1. The van der Waals surface area contributed by atoms with Crippen molar-refractivity contribution < 1.29 is 4.39 Å². The maximum Gasteiger partial charge on any atom is 0.191 e. The SMILES string of the molecule is CN=C(NCCCn1nc(C)cc1C)NCCSc1ccc(F)cc1. The fourth-order valence-electron chi connectivity index (χ4n) is 2.43. The molecule has 0 aliphatic rings. The van der Waals surface area contributed by atoms with Crippen LogP contribution in [0.1, 0.15) is 17.8 Å². The summed E-state index contributed by atoms with van der Waals surface area (Å²) >= 11 is 1.69. The third-order valence-corrected chi connectivity index (χ3v) is 4.66. The smallest absolute Gasteiger partial charge is 0.191 e. The average Bonchev–Trinajstić information content (AvgIpc) is 2.92. The molecule has 2 rings (SSSR count). The van der Waals surface area contributed by atoms with Crippen LogP contribution in [0.3, 0.4) is 0 Å². The van der Waals surface area contributed by atoms with E-state index in [9.17, 15) is 4.39 Å². The van der Waals surface area contributed by atoms with Crippen LogP contribution in [0.25, 0.3) is 0 Å². The number of benzene rings is 1. The van der Waals surface area contributed by atoms with Crippen molar-refractivity contribution in [2.75, 3.05) is 25.9 Å². The molecule has 0 unspecified atom stereocenters. The molecule has 0 spiro atoms. The van der Waals surface area contributed by atoms with Gasteiger partial charge in [-0.25, -0.2) is 4.39 Å². The van der Waals surface area contributed by atoms with Crippen LogP contribution in [0.4, 0.5) is 4.39 Å². The van der Waals surface area contributed by atoms with Gasteiger partial charge in [0.1, 0.15) is 5.82 Å². The lowest BCUT2D eigenvalue weighted by molar-refractivity contribution is 0.555. The summed E-state index contributed by atoms with van der Waals surface area (Å²) in [6.45, 7) is 6.61. The summed E-state index contributed by atoms with van der Waals surface area (Å²) in [6, 6.07) is 8.66. The maximum atomic E-state index is 12.9. The topological polar surface area (TPSA) is 54.2 Å². The highest BCUT2D eigenvalue weighted by molar-refractivity contribution is 7.99. The first-order valence-electron chi connectivity index (χ1n) is 8.42. The Hall–Kier alpha value is -2.02. The van der Waals surface area contributed by atoms with Crippen LogP contribution in [0.15, 0.2) is 40.2 Å². The number of guanidine groups is 1. The summed E-state index contributed by atoms with van der Waals surface area (Å²) in [5, 5.41) is 11.1. The zero-order chi connectivity index (χ0) is 18.1. The predicted molar refractivity (Wildman–Crippen MR) is 103 cm³/mol. The number of hydrogen-bond acceptors (Lipinski definition) is 3. The summed E-state index contributed by atoms with van der Waals surface area (Å²) < 4.78 is 14.9. The molecule has 7 heteroatoms. The van der Waals surface area contributed by atoms with Crippen molar-refractivity contribution in [3.63, 3.8) is 0 Å². The fraction of sp³-hybridized carbons (Fsp3) is 0.444. The van der Waals surface area contributed by atoms with Crippen molar-refractivity contribution >= 4 is 17.7 Å². The molecule has 0 bridgehead atoms. The molecule has 0 amide bonds. The molecule has 1 aromatic heterocycles. The molecule has 0 saturated carbocycles. The van der Waals surface area contributed by atoms with Gasteiger partial charge in [-0.15, -0.1) is 11.8 Å². The van der Waals surface area contributed by atoms with E-state index in [-0.39, 0.29) is 5.82 Å². The number of nitrogens with one attached hydrogen (secondary N) is 2. The van der Waals surface area contributed by atoms with Gasteiger partial charge < -0.3 is 10.6 Å². The van der Waals surface area contributed by atoms with Crippen LogP contribution in [0.5, 0.6) is 0 Å². The Morgan fingerprint density at radius 2 is 1.92 bits per heavy atom. The van der Waals surface area contributed by atoms with E-state index < -0.39 is 0 Å². The number of nitrogens with zero attached hydrogens (tertiary/aromatic N) is 3. The summed E-state index contributed by atoms with van der Waals surface area (Å²) in [5.74, 6) is 1.48. The van der Waals surface area contributed by atoms with E-state index in [0.717, 1.165) is 48.4 Å². The molecule has 1 heterocycles. The molecule has 0 aliphatic heterocycles. The molecule has 0 atom stereocenters. The van der Waals surface area contributed by atoms with Gasteiger partial charge >= 0.3 is 0 Å². The molecule has 136 valence electrons. The van der Waals surface area contributed by atoms with Crippen molar-refractivity contribution in [3.05, 3.63) is 47.5 Å². The highest BCUT2D eigenvalue weighted by Gasteiger charge is 2.01. The van der Waals surface area contributed by atoms with Gasteiger partial charge in [0.15, 0.2) is 5.96 Å². The standard InChI is InChI=1S/C18H26FN5S/c1-14-13-15(2)24(23-14)11-4-9-21-18(20-3)22-10-12-25-17-7-5-16(19)6-8-17/h5-8,13H,4,9-12H2,1-3H3,(H2,20,21,22). The van der Waals surface area contributed by atoms with Crippen LogP contribution < -0.4 is 10.6 Å². The van der Waals surface area contributed by atoms with E-state index >= 15 is 0 Å². The molecule has 2 N–H and O–H groups in total. The second-order valence-electron chi connectivity index (χ2n) is 5.73. The van der Waals surface area contributed by atoms with Crippen molar-refractivity contribution in [1.82, 2.24) is 20.4 Å². The zero-order valence-corrected chi connectivity index (χ0v) is 15.9. The van der Waals surface area contributed by atoms with Crippen LogP contribution >= 0.6 is 11.8 Å².